The van der Waals surface area contributed by atoms with Crippen molar-refractivity contribution in [3.05, 3.63) is 18.0 Å². The Bertz CT molecular complexity index is 313. The molecule has 1 saturated heterocycles. The Hall–Kier alpha value is -0.870. The second-order valence-corrected chi connectivity index (χ2v) is 4.61. The van der Waals surface area contributed by atoms with Crippen LogP contribution in [0.2, 0.25) is 0 Å². The Kier molecular flexibility index (Phi) is 3.96. The highest BCUT2D eigenvalue weighted by atomic mass is 15.3. The fourth-order valence-corrected chi connectivity index (χ4v) is 2.03. The first-order chi connectivity index (χ1) is 7.78. The molecule has 2 heterocycles. The van der Waals surface area contributed by atoms with Crippen LogP contribution in [0, 0.1) is 0 Å². The van der Waals surface area contributed by atoms with Crippen LogP contribution in [-0.2, 0) is 13.0 Å². The van der Waals surface area contributed by atoms with Gasteiger partial charge in [-0.25, -0.2) is 0 Å². The van der Waals surface area contributed by atoms with Gasteiger partial charge in [0.25, 0.3) is 0 Å². The Morgan fingerprint density at radius 1 is 1.19 bits per heavy atom. The Morgan fingerprint density at radius 3 is 2.56 bits per heavy atom. The van der Waals surface area contributed by atoms with Crippen molar-refractivity contribution in [2.45, 2.75) is 19.9 Å². The van der Waals surface area contributed by atoms with Crippen LogP contribution in [0.25, 0.3) is 0 Å². The van der Waals surface area contributed by atoms with Crippen LogP contribution in [0.4, 0.5) is 0 Å². The van der Waals surface area contributed by atoms with Crippen LogP contribution < -0.4 is 0 Å². The van der Waals surface area contributed by atoms with Crippen molar-refractivity contribution in [2.75, 3.05) is 39.8 Å². The zero-order valence-electron chi connectivity index (χ0n) is 10.4. The average Bonchev–Trinajstić information content (AvgIpc) is 2.76. The van der Waals surface area contributed by atoms with Gasteiger partial charge in [0.05, 0.1) is 12.7 Å². The minimum atomic E-state index is 1.02. The monoisotopic (exact) mass is 222 g/mol. The summed E-state index contributed by atoms with van der Waals surface area (Å²) in [4.78, 5) is 4.91. The second kappa shape index (κ2) is 5.46. The van der Waals surface area contributed by atoms with Crippen LogP contribution in [0.5, 0.6) is 0 Å². The third-order valence-electron chi connectivity index (χ3n) is 3.34. The van der Waals surface area contributed by atoms with Crippen LogP contribution >= 0.6 is 0 Å². The molecule has 0 aromatic carbocycles. The molecule has 0 atom stereocenters. The Morgan fingerprint density at radius 2 is 1.94 bits per heavy atom. The maximum Gasteiger partial charge on any atom is 0.0536 e. The maximum atomic E-state index is 4.37. The van der Waals surface area contributed by atoms with Gasteiger partial charge >= 0.3 is 0 Å². The molecule has 0 spiro atoms. The van der Waals surface area contributed by atoms with E-state index < -0.39 is 0 Å². The molecule has 16 heavy (non-hydrogen) atoms. The van der Waals surface area contributed by atoms with Gasteiger partial charge in [-0.15, -0.1) is 0 Å². The number of aryl methyl sites for hydroxylation is 1. The molecule has 1 aromatic heterocycles. The molecule has 0 N–H and O–H groups in total. The first kappa shape index (κ1) is 11.6. The fraction of sp³-hybridized carbons (Fsp3) is 0.750. The number of hydrogen-bond donors (Lipinski definition) is 0. The van der Waals surface area contributed by atoms with E-state index in [-0.39, 0.29) is 0 Å². The van der Waals surface area contributed by atoms with E-state index in [0.29, 0.717) is 0 Å². The van der Waals surface area contributed by atoms with Gasteiger partial charge in [-0.1, -0.05) is 6.92 Å². The molecule has 4 nitrogen and oxygen atoms in total. The fourth-order valence-electron chi connectivity index (χ4n) is 2.03. The molecule has 1 fully saturated rings. The lowest BCUT2D eigenvalue weighted by atomic mass is 10.3. The molecular weight excluding hydrogens is 200 g/mol. The van der Waals surface area contributed by atoms with Crippen molar-refractivity contribution in [3.8, 4) is 0 Å². The summed E-state index contributed by atoms with van der Waals surface area (Å²) in [5, 5.41) is 4.37. The van der Waals surface area contributed by atoms with E-state index in [1.807, 2.05) is 6.20 Å². The quantitative estimate of drug-likeness (QED) is 0.749. The van der Waals surface area contributed by atoms with Gasteiger partial charge in [-0.2, -0.15) is 5.10 Å². The largest absolute Gasteiger partial charge is 0.304 e. The summed E-state index contributed by atoms with van der Waals surface area (Å²) in [5.74, 6) is 0. The summed E-state index contributed by atoms with van der Waals surface area (Å²) in [6, 6.07) is 0. The van der Waals surface area contributed by atoms with E-state index in [4.69, 9.17) is 0 Å². The molecule has 0 bridgehead atoms. The normalized spacial score (nSPS) is 19.1. The van der Waals surface area contributed by atoms with E-state index >= 15 is 0 Å². The predicted molar refractivity (Wildman–Crippen MR) is 65.5 cm³/mol. The predicted octanol–water partition coefficient (Wildman–Crippen LogP) is 0.693. The van der Waals surface area contributed by atoms with Crippen LogP contribution in [0.3, 0.4) is 0 Å². The van der Waals surface area contributed by atoms with Crippen molar-refractivity contribution in [3.63, 3.8) is 0 Å². The molecule has 2 rings (SSSR count). The molecule has 1 aliphatic rings. The molecule has 0 saturated carbocycles. The Labute approximate surface area is 97.8 Å². The lowest BCUT2D eigenvalue weighted by Crippen LogP contribution is -2.45. The summed E-state index contributed by atoms with van der Waals surface area (Å²) in [7, 11) is 2.19. The lowest BCUT2D eigenvalue weighted by molar-refractivity contribution is 0.149. The minimum absolute atomic E-state index is 1.02. The maximum absolute atomic E-state index is 4.37. The lowest BCUT2D eigenvalue weighted by Gasteiger charge is -2.32. The zero-order valence-corrected chi connectivity index (χ0v) is 10.4. The number of aromatic nitrogens is 2. The SMILES string of the molecule is CCc1cnn(CCN2CCN(C)CC2)c1. The van der Waals surface area contributed by atoms with Crippen LogP contribution in [0.15, 0.2) is 12.4 Å². The molecular formula is C12H22N4. The third kappa shape index (κ3) is 3.06. The van der Waals surface area contributed by atoms with Crippen molar-refractivity contribution in [1.82, 2.24) is 19.6 Å². The van der Waals surface area contributed by atoms with Crippen molar-refractivity contribution < 1.29 is 0 Å². The summed E-state index contributed by atoms with van der Waals surface area (Å²) in [6.07, 6.45) is 5.22. The summed E-state index contributed by atoms with van der Waals surface area (Å²) < 4.78 is 2.07. The van der Waals surface area contributed by atoms with E-state index in [1.165, 1.54) is 31.7 Å². The third-order valence-corrected chi connectivity index (χ3v) is 3.34. The number of likely N-dealkylation sites (N-methyl/N-ethyl adjacent to an activating group) is 1. The standard InChI is InChI=1S/C12H22N4/c1-3-12-10-13-16(11-12)9-8-15-6-4-14(2)5-7-15/h10-11H,3-9H2,1-2H3. The van der Waals surface area contributed by atoms with Crippen LogP contribution in [-0.4, -0.2) is 59.4 Å². The van der Waals surface area contributed by atoms with E-state index in [2.05, 4.69) is 39.7 Å². The Balaban J connectivity index is 1.74. The van der Waals surface area contributed by atoms with Gasteiger partial charge in [-0.05, 0) is 19.0 Å². The van der Waals surface area contributed by atoms with Gasteiger partial charge in [0.15, 0.2) is 0 Å². The number of piperazine rings is 1. The molecule has 0 radical (unpaired) electrons. The van der Waals surface area contributed by atoms with E-state index in [0.717, 1.165) is 19.5 Å². The van der Waals surface area contributed by atoms with Gasteiger partial charge in [0.1, 0.15) is 0 Å². The molecule has 0 unspecified atom stereocenters. The van der Waals surface area contributed by atoms with E-state index in [1.54, 1.807) is 0 Å². The van der Waals surface area contributed by atoms with Crippen molar-refractivity contribution >= 4 is 0 Å². The summed E-state index contributed by atoms with van der Waals surface area (Å²) >= 11 is 0. The summed E-state index contributed by atoms with van der Waals surface area (Å²) in [6.45, 7) is 9.08. The second-order valence-electron chi connectivity index (χ2n) is 4.61. The average molecular weight is 222 g/mol. The van der Waals surface area contributed by atoms with Gasteiger partial charge < -0.3 is 4.90 Å². The molecule has 1 aromatic rings. The molecule has 1 aliphatic heterocycles. The highest BCUT2D eigenvalue weighted by Crippen LogP contribution is 2.01. The molecule has 0 aliphatic carbocycles. The van der Waals surface area contributed by atoms with Crippen molar-refractivity contribution in [2.24, 2.45) is 0 Å². The minimum Gasteiger partial charge on any atom is -0.304 e. The molecule has 90 valence electrons. The van der Waals surface area contributed by atoms with Gasteiger partial charge in [-0.3, -0.25) is 9.58 Å². The van der Waals surface area contributed by atoms with Gasteiger partial charge in [0, 0.05) is 38.9 Å². The smallest absolute Gasteiger partial charge is 0.0536 e. The summed E-state index contributed by atoms with van der Waals surface area (Å²) in [5.41, 5.74) is 1.33. The zero-order chi connectivity index (χ0) is 11.4. The van der Waals surface area contributed by atoms with Crippen molar-refractivity contribution in [1.29, 1.82) is 0 Å². The molecule has 0 amide bonds. The van der Waals surface area contributed by atoms with E-state index in [9.17, 15) is 0 Å². The topological polar surface area (TPSA) is 24.3 Å². The highest BCUT2D eigenvalue weighted by molar-refractivity contribution is 5.02. The highest BCUT2D eigenvalue weighted by Gasteiger charge is 2.13. The van der Waals surface area contributed by atoms with Crippen LogP contribution in [0.1, 0.15) is 12.5 Å². The molecule has 4 heteroatoms. The number of hydrogen-bond acceptors (Lipinski definition) is 3. The number of nitrogens with zero attached hydrogens (tertiary/aromatic N) is 4. The first-order valence-corrected chi connectivity index (χ1v) is 6.20. The number of rotatable bonds is 4. The first-order valence-electron chi connectivity index (χ1n) is 6.20. The van der Waals surface area contributed by atoms with Gasteiger partial charge in [0.2, 0.25) is 0 Å².